The first kappa shape index (κ1) is 13.6. The van der Waals surface area contributed by atoms with Crippen molar-refractivity contribution in [3.63, 3.8) is 0 Å². The average molecular weight is 271 g/mol. The van der Waals surface area contributed by atoms with Crippen LogP contribution in [0.3, 0.4) is 0 Å². The van der Waals surface area contributed by atoms with Crippen LogP contribution in [0.5, 0.6) is 11.5 Å². The van der Waals surface area contributed by atoms with Crippen molar-refractivity contribution in [3.8, 4) is 11.5 Å². The molecule has 0 bridgehead atoms. The topological polar surface area (TPSA) is 35.2 Å². The van der Waals surface area contributed by atoms with Gasteiger partial charge in [-0.15, -0.1) is 0 Å². The number of rotatable bonds is 4. The van der Waals surface area contributed by atoms with Crippen LogP contribution in [0, 0.1) is 6.92 Å². The first-order valence-corrected chi connectivity index (χ1v) is 6.68. The second kappa shape index (κ2) is 5.85. The van der Waals surface area contributed by atoms with Gasteiger partial charge in [0, 0.05) is 5.56 Å². The number of hydrogen-bond donors (Lipinski definition) is 1. The highest BCUT2D eigenvalue weighted by molar-refractivity contribution is 7.80. The lowest BCUT2D eigenvalue weighted by Crippen LogP contribution is -2.10. The molecule has 0 unspecified atom stereocenters. The molecule has 0 amide bonds. The van der Waals surface area contributed by atoms with Gasteiger partial charge in [-0.05, 0) is 54.8 Å². The molecule has 2 aromatic carbocycles. The number of nitrogens with two attached hydrogens (primary N) is 1. The molecule has 0 aliphatic rings. The summed E-state index contributed by atoms with van der Waals surface area (Å²) in [6.45, 7) is 4.10. The Kier molecular flexibility index (Phi) is 4.17. The van der Waals surface area contributed by atoms with Crippen molar-refractivity contribution in [2.75, 3.05) is 0 Å². The Morgan fingerprint density at radius 3 is 2.53 bits per heavy atom. The van der Waals surface area contributed by atoms with Crippen LogP contribution in [-0.4, -0.2) is 4.99 Å². The molecule has 0 saturated carbocycles. The minimum atomic E-state index is 0.414. The summed E-state index contributed by atoms with van der Waals surface area (Å²) in [4.78, 5) is 0.414. The molecule has 0 aliphatic carbocycles. The lowest BCUT2D eigenvalue weighted by atomic mass is 10.1. The van der Waals surface area contributed by atoms with Crippen molar-refractivity contribution in [2.45, 2.75) is 20.3 Å². The quantitative estimate of drug-likeness (QED) is 0.854. The van der Waals surface area contributed by atoms with E-state index >= 15 is 0 Å². The zero-order valence-electron chi connectivity index (χ0n) is 11.1. The van der Waals surface area contributed by atoms with E-state index in [-0.39, 0.29) is 0 Å². The molecule has 2 N–H and O–H groups in total. The van der Waals surface area contributed by atoms with E-state index in [1.54, 1.807) is 0 Å². The molecule has 3 heteroatoms. The number of hydrogen-bond acceptors (Lipinski definition) is 2. The Morgan fingerprint density at radius 2 is 1.89 bits per heavy atom. The summed E-state index contributed by atoms with van der Waals surface area (Å²) in [6, 6.07) is 13.8. The van der Waals surface area contributed by atoms with Crippen molar-refractivity contribution >= 4 is 17.2 Å². The third kappa shape index (κ3) is 3.32. The van der Waals surface area contributed by atoms with E-state index in [0.29, 0.717) is 4.99 Å². The maximum Gasteiger partial charge on any atom is 0.127 e. The van der Waals surface area contributed by atoms with Crippen molar-refractivity contribution in [1.29, 1.82) is 0 Å². The summed E-state index contributed by atoms with van der Waals surface area (Å²) in [5.41, 5.74) is 8.82. The van der Waals surface area contributed by atoms with Crippen LogP contribution in [0.2, 0.25) is 0 Å². The predicted octanol–water partition coefficient (Wildman–Crippen LogP) is 3.98. The summed E-state index contributed by atoms with van der Waals surface area (Å²) in [5.74, 6) is 1.65. The van der Waals surface area contributed by atoms with Gasteiger partial charge in [0.05, 0.1) is 0 Å². The van der Waals surface area contributed by atoms with E-state index in [9.17, 15) is 0 Å². The second-order valence-electron chi connectivity index (χ2n) is 4.44. The monoisotopic (exact) mass is 271 g/mol. The van der Waals surface area contributed by atoms with E-state index < -0.39 is 0 Å². The molecule has 0 atom stereocenters. The van der Waals surface area contributed by atoms with Gasteiger partial charge in [0.15, 0.2) is 0 Å². The van der Waals surface area contributed by atoms with Crippen LogP contribution in [0.15, 0.2) is 42.5 Å². The Morgan fingerprint density at radius 1 is 1.16 bits per heavy atom. The standard InChI is InChI=1S/C16H17NOS/c1-3-12-5-4-6-13(10-12)18-14-7-8-15(16(17)19)11(2)9-14/h4-10H,3H2,1-2H3,(H2,17,19). The minimum Gasteiger partial charge on any atom is -0.457 e. The van der Waals surface area contributed by atoms with Gasteiger partial charge in [0.25, 0.3) is 0 Å². The number of benzene rings is 2. The fraction of sp³-hybridized carbons (Fsp3) is 0.188. The van der Waals surface area contributed by atoms with Crippen LogP contribution < -0.4 is 10.5 Å². The highest BCUT2D eigenvalue weighted by Crippen LogP contribution is 2.24. The van der Waals surface area contributed by atoms with Crippen LogP contribution in [-0.2, 0) is 6.42 Å². The van der Waals surface area contributed by atoms with E-state index in [1.165, 1.54) is 5.56 Å². The fourth-order valence-corrected chi connectivity index (χ4v) is 2.17. The van der Waals surface area contributed by atoms with Gasteiger partial charge in [-0.2, -0.15) is 0 Å². The van der Waals surface area contributed by atoms with Crippen molar-refractivity contribution in [3.05, 3.63) is 59.2 Å². The number of thiocarbonyl (C=S) groups is 1. The smallest absolute Gasteiger partial charge is 0.127 e. The summed E-state index contributed by atoms with van der Waals surface area (Å²) in [6.07, 6.45) is 0.997. The van der Waals surface area contributed by atoms with Gasteiger partial charge in [-0.25, -0.2) is 0 Å². The van der Waals surface area contributed by atoms with Gasteiger partial charge in [0.1, 0.15) is 16.5 Å². The lowest BCUT2D eigenvalue weighted by molar-refractivity contribution is 0.481. The summed E-state index contributed by atoms with van der Waals surface area (Å²) < 4.78 is 5.85. The molecule has 0 fully saturated rings. The molecule has 2 nitrogen and oxygen atoms in total. The van der Waals surface area contributed by atoms with E-state index in [0.717, 1.165) is 29.0 Å². The first-order chi connectivity index (χ1) is 9.10. The van der Waals surface area contributed by atoms with Crippen molar-refractivity contribution in [2.24, 2.45) is 5.73 Å². The highest BCUT2D eigenvalue weighted by Gasteiger charge is 2.04. The molecule has 2 aromatic rings. The van der Waals surface area contributed by atoms with Crippen LogP contribution in [0.25, 0.3) is 0 Å². The Balaban J connectivity index is 2.23. The normalized spacial score (nSPS) is 10.2. The third-order valence-electron chi connectivity index (χ3n) is 3.01. The highest BCUT2D eigenvalue weighted by atomic mass is 32.1. The lowest BCUT2D eigenvalue weighted by Gasteiger charge is -2.10. The molecule has 2 rings (SSSR count). The minimum absolute atomic E-state index is 0.414. The van der Waals surface area contributed by atoms with Gasteiger partial charge in [0.2, 0.25) is 0 Å². The maximum atomic E-state index is 5.85. The molecule has 0 heterocycles. The SMILES string of the molecule is CCc1cccc(Oc2ccc(C(N)=S)c(C)c2)c1. The van der Waals surface area contributed by atoms with E-state index in [2.05, 4.69) is 19.1 Å². The average Bonchev–Trinajstić information content (AvgIpc) is 2.38. The third-order valence-corrected chi connectivity index (χ3v) is 3.23. The molecular formula is C16H17NOS. The first-order valence-electron chi connectivity index (χ1n) is 6.27. The van der Waals surface area contributed by atoms with Crippen LogP contribution in [0.1, 0.15) is 23.6 Å². The van der Waals surface area contributed by atoms with Crippen LogP contribution >= 0.6 is 12.2 Å². The Bertz CT molecular complexity index is 607. The van der Waals surface area contributed by atoms with E-state index in [4.69, 9.17) is 22.7 Å². The predicted molar refractivity (Wildman–Crippen MR) is 83.0 cm³/mol. The molecule has 0 aromatic heterocycles. The summed E-state index contributed by atoms with van der Waals surface area (Å²) >= 11 is 4.99. The summed E-state index contributed by atoms with van der Waals surface area (Å²) in [5, 5.41) is 0. The van der Waals surface area contributed by atoms with Crippen molar-refractivity contribution < 1.29 is 4.74 Å². The summed E-state index contributed by atoms with van der Waals surface area (Å²) in [7, 11) is 0. The Hall–Kier alpha value is -1.87. The molecule has 19 heavy (non-hydrogen) atoms. The zero-order valence-corrected chi connectivity index (χ0v) is 12.0. The van der Waals surface area contributed by atoms with Crippen molar-refractivity contribution in [1.82, 2.24) is 0 Å². The van der Waals surface area contributed by atoms with Gasteiger partial charge in [-0.3, -0.25) is 0 Å². The van der Waals surface area contributed by atoms with Gasteiger partial charge in [-0.1, -0.05) is 31.3 Å². The van der Waals surface area contributed by atoms with E-state index in [1.807, 2.05) is 37.3 Å². The molecule has 0 aliphatic heterocycles. The van der Waals surface area contributed by atoms with Gasteiger partial charge >= 0.3 is 0 Å². The molecule has 0 saturated heterocycles. The maximum absolute atomic E-state index is 5.85. The van der Waals surface area contributed by atoms with Crippen LogP contribution in [0.4, 0.5) is 0 Å². The van der Waals surface area contributed by atoms with Gasteiger partial charge < -0.3 is 10.5 Å². The molecule has 0 spiro atoms. The zero-order chi connectivity index (χ0) is 13.8. The Labute approximate surface area is 119 Å². The number of aryl methyl sites for hydroxylation is 2. The fourth-order valence-electron chi connectivity index (χ4n) is 1.94. The molecule has 0 radical (unpaired) electrons. The number of ether oxygens (including phenoxy) is 1. The largest absolute Gasteiger partial charge is 0.457 e. The molecular weight excluding hydrogens is 254 g/mol. The molecule has 98 valence electrons. The second-order valence-corrected chi connectivity index (χ2v) is 4.88.